The van der Waals surface area contributed by atoms with Crippen molar-refractivity contribution in [2.24, 2.45) is 0 Å². The number of esters is 2. The summed E-state index contributed by atoms with van der Waals surface area (Å²) < 4.78 is 15.7. The minimum atomic E-state index is -0.673. The molecule has 3 aromatic rings. The fraction of sp³-hybridized carbons (Fsp3) is 0.240. The molecule has 7 nitrogen and oxygen atoms in total. The third-order valence-corrected chi connectivity index (χ3v) is 5.56. The summed E-state index contributed by atoms with van der Waals surface area (Å²) >= 11 is 1.20. The lowest BCUT2D eigenvalue weighted by molar-refractivity contribution is -0.149. The molecule has 1 aromatic heterocycles. The standard InChI is InChI=1S/C25H25NO6S/c1-4-30-25(29)23-19(18-8-6-5-7-9-18)15-33-24(23)26-21(27)13-32-22(28)14-31-20-12-16(2)10-11-17(20)3/h5-12,15H,4,13-14H2,1-3H3,(H,26,27). The van der Waals surface area contributed by atoms with E-state index in [0.29, 0.717) is 16.3 Å². The minimum absolute atomic E-state index is 0.203. The summed E-state index contributed by atoms with van der Waals surface area (Å²) in [4.78, 5) is 37.0. The van der Waals surface area contributed by atoms with E-state index in [1.54, 1.807) is 12.3 Å². The van der Waals surface area contributed by atoms with Crippen LogP contribution in [0, 0.1) is 13.8 Å². The molecule has 0 bridgehead atoms. The largest absolute Gasteiger partial charge is 0.482 e. The van der Waals surface area contributed by atoms with Crippen molar-refractivity contribution in [3.8, 4) is 16.9 Å². The van der Waals surface area contributed by atoms with Crippen LogP contribution in [-0.2, 0) is 19.1 Å². The fourth-order valence-corrected chi connectivity index (χ4v) is 4.01. The molecular formula is C25H25NO6S. The van der Waals surface area contributed by atoms with E-state index in [-0.39, 0.29) is 18.8 Å². The van der Waals surface area contributed by atoms with Gasteiger partial charge in [-0.3, -0.25) is 4.79 Å². The molecule has 8 heteroatoms. The molecule has 33 heavy (non-hydrogen) atoms. The minimum Gasteiger partial charge on any atom is -0.482 e. The van der Waals surface area contributed by atoms with E-state index < -0.39 is 24.5 Å². The second kappa shape index (κ2) is 11.3. The lowest BCUT2D eigenvalue weighted by atomic mass is 10.0. The summed E-state index contributed by atoms with van der Waals surface area (Å²) in [5, 5.41) is 4.76. The average molecular weight is 468 g/mol. The van der Waals surface area contributed by atoms with Gasteiger partial charge in [0.25, 0.3) is 5.91 Å². The predicted octanol–water partition coefficient (Wildman–Crippen LogP) is 4.77. The molecule has 1 heterocycles. The molecule has 3 rings (SSSR count). The molecule has 1 amide bonds. The highest BCUT2D eigenvalue weighted by Gasteiger charge is 2.23. The normalized spacial score (nSPS) is 10.4. The van der Waals surface area contributed by atoms with E-state index in [1.165, 1.54) is 11.3 Å². The topological polar surface area (TPSA) is 90.9 Å². The Balaban J connectivity index is 1.61. The Morgan fingerprint density at radius 2 is 1.73 bits per heavy atom. The monoisotopic (exact) mass is 467 g/mol. The zero-order valence-corrected chi connectivity index (χ0v) is 19.5. The van der Waals surface area contributed by atoms with Crippen LogP contribution in [-0.4, -0.2) is 37.7 Å². The Morgan fingerprint density at radius 1 is 0.970 bits per heavy atom. The maximum absolute atomic E-state index is 12.6. The van der Waals surface area contributed by atoms with Gasteiger partial charge in [-0.1, -0.05) is 42.5 Å². The zero-order valence-electron chi connectivity index (χ0n) is 18.7. The number of thiophene rings is 1. The van der Waals surface area contributed by atoms with Gasteiger partial charge >= 0.3 is 11.9 Å². The first kappa shape index (κ1) is 24.0. The third kappa shape index (κ3) is 6.43. The molecule has 0 radical (unpaired) electrons. The van der Waals surface area contributed by atoms with Gasteiger partial charge in [0.2, 0.25) is 0 Å². The van der Waals surface area contributed by atoms with Crippen molar-refractivity contribution in [2.45, 2.75) is 20.8 Å². The van der Waals surface area contributed by atoms with Crippen LogP contribution in [0.25, 0.3) is 11.1 Å². The van der Waals surface area contributed by atoms with E-state index in [4.69, 9.17) is 14.2 Å². The maximum atomic E-state index is 12.6. The van der Waals surface area contributed by atoms with Crippen molar-refractivity contribution in [2.75, 3.05) is 25.1 Å². The van der Waals surface area contributed by atoms with Gasteiger partial charge in [-0.15, -0.1) is 11.3 Å². The summed E-state index contributed by atoms with van der Waals surface area (Å²) in [6, 6.07) is 15.0. The number of anilines is 1. The van der Waals surface area contributed by atoms with Gasteiger partial charge in [0, 0.05) is 10.9 Å². The molecule has 172 valence electrons. The smallest absolute Gasteiger partial charge is 0.344 e. The van der Waals surface area contributed by atoms with Crippen molar-refractivity contribution in [3.63, 3.8) is 0 Å². The van der Waals surface area contributed by atoms with E-state index in [1.807, 2.05) is 62.4 Å². The Kier molecular flexibility index (Phi) is 8.21. The van der Waals surface area contributed by atoms with Gasteiger partial charge < -0.3 is 19.5 Å². The highest BCUT2D eigenvalue weighted by Crippen LogP contribution is 2.36. The number of rotatable bonds is 9. The Labute approximate surface area is 196 Å². The lowest BCUT2D eigenvalue weighted by Gasteiger charge is -2.11. The third-order valence-electron chi connectivity index (χ3n) is 4.66. The van der Waals surface area contributed by atoms with Crippen LogP contribution >= 0.6 is 11.3 Å². The van der Waals surface area contributed by atoms with Crippen molar-refractivity contribution in [1.82, 2.24) is 0 Å². The molecule has 0 aliphatic rings. The predicted molar refractivity (Wildman–Crippen MR) is 127 cm³/mol. The van der Waals surface area contributed by atoms with Gasteiger partial charge in [0.05, 0.1) is 6.61 Å². The van der Waals surface area contributed by atoms with E-state index in [9.17, 15) is 14.4 Å². The molecule has 2 aromatic carbocycles. The molecule has 0 fully saturated rings. The summed E-state index contributed by atoms with van der Waals surface area (Å²) in [5.41, 5.74) is 3.66. The Bertz CT molecular complexity index is 1140. The van der Waals surface area contributed by atoms with E-state index >= 15 is 0 Å². The summed E-state index contributed by atoms with van der Waals surface area (Å²) in [7, 11) is 0. The molecule has 1 N–H and O–H groups in total. The number of hydrogen-bond acceptors (Lipinski definition) is 7. The summed E-state index contributed by atoms with van der Waals surface area (Å²) in [6.45, 7) is 4.89. The Morgan fingerprint density at radius 3 is 2.45 bits per heavy atom. The lowest BCUT2D eigenvalue weighted by Crippen LogP contribution is -2.24. The van der Waals surface area contributed by atoms with Crippen LogP contribution in [0.1, 0.15) is 28.4 Å². The van der Waals surface area contributed by atoms with Crippen molar-refractivity contribution in [3.05, 3.63) is 70.6 Å². The Hall–Kier alpha value is -3.65. The van der Waals surface area contributed by atoms with Gasteiger partial charge in [-0.2, -0.15) is 0 Å². The van der Waals surface area contributed by atoms with Gasteiger partial charge in [-0.25, -0.2) is 9.59 Å². The van der Waals surface area contributed by atoms with Crippen molar-refractivity contribution in [1.29, 1.82) is 0 Å². The number of carbonyl (C=O) groups is 3. The second-order valence-electron chi connectivity index (χ2n) is 7.21. The number of carbonyl (C=O) groups excluding carboxylic acids is 3. The molecule has 0 unspecified atom stereocenters. The molecule has 0 saturated carbocycles. The van der Waals surface area contributed by atoms with Crippen LogP contribution in [0.4, 0.5) is 5.00 Å². The number of amides is 1. The van der Waals surface area contributed by atoms with Crippen LogP contribution in [0.5, 0.6) is 5.75 Å². The van der Waals surface area contributed by atoms with Gasteiger partial charge in [0.1, 0.15) is 16.3 Å². The quantitative estimate of drug-likeness (QED) is 0.456. The van der Waals surface area contributed by atoms with E-state index in [2.05, 4.69) is 5.32 Å². The van der Waals surface area contributed by atoms with Crippen LogP contribution in [0.3, 0.4) is 0 Å². The van der Waals surface area contributed by atoms with Gasteiger partial charge in [0.15, 0.2) is 13.2 Å². The summed E-state index contributed by atoms with van der Waals surface area (Å²) in [6.07, 6.45) is 0. The molecule has 0 aliphatic heterocycles. The molecule has 0 spiro atoms. The van der Waals surface area contributed by atoms with Crippen LogP contribution in [0.15, 0.2) is 53.9 Å². The first-order valence-corrected chi connectivity index (χ1v) is 11.3. The number of hydrogen-bond donors (Lipinski definition) is 1. The highest BCUT2D eigenvalue weighted by atomic mass is 32.1. The molecule has 0 atom stereocenters. The first-order chi connectivity index (χ1) is 15.9. The SMILES string of the molecule is CCOC(=O)c1c(-c2ccccc2)csc1NC(=O)COC(=O)COc1cc(C)ccc1C. The summed E-state index contributed by atoms with van der Waals surface area (Å²) in [5.74, 6) is -1.19. The van der Waals surface area contributed by atoms with Crippen LogP contribution in [0.2, 0.25) is 0 Å². The fourth-order valence-electron chi connectivity index (χ4n) is 3.04. The maximum Gasteiger partial charge on any atom is 0.344 e. The molecular weight excluding hydrogens is 442 g/mol. The number of ether oxygens (including phenoxy) is 3. The molecule has 0 aliphatic carbocycles. The zero-order chi connectivity index (χ0) is 23.8. The number of nitrogens with one attached hydrogen (secondary N) is 1. The number of benzene rings is 2. The van der Waals surface area contributed by atoms with Crippen molar-refractivity contribution < 1.29 is 28.6 Å². The number of aryl methyl sites for hydroxylation is 2. The first-order valence-electron chi connectivity index (χ1n) is 10.4. The molecule has 0 saturated heterocycles. The van der Waals surface area contributed by atoms with Crippen molar-refractivity contribution >= 4 is 34.2 Å². The van der Waals surface area contributed by atoms with E-state index in [0.717, 1.165) is 16.7 Å². The second-order valence-corrected chi connectivity index (χ2v) is 8.09. The van der Waals surface area contributed by atoms with Gasteiger partial charge in [-0.05, 0) is 43.5 Å². The highest BCUT2D eigenvalue weighted by molar-refractivity contribution is 7.15. The average Bonchev–Trinajstić information content (AvgIpc) is 3.22. The van der Waals surface area contributed by atoms with Crippen LogP contribution < -0.4 is 10.1 Å².